The molecule has 1 aliphatic heterocycles. The summed E-state index contributed by atoms with van der Waals surface area (Å²) in [6, 6.07) is 14.5. The van der Waals surface area contributed by atoms with Gasteiger partial charge in [-0.2, -0.15) is 0 Å². The third kappa shape index (κ3) is 2.68. The van der Waals surface area contributed by atoms with Crippen LogP contribution in [-0.2, 0) is 6.42 Å². The van der Waals surface area contributed by atoms with Crippen molar-refractivity contribution < 1.29 is 9.50 Å². The number of halogens is 1. The Kier molecular flexibility index (Phi) is 3.70. The fraction of sp³-hybridized carbons (Fsp3) is 0.294. The van der Waals surface area contributed by atoms with Gasteiger partial charge >= 0.3 is 0 Å². The van der Waals surface area contributed by atoms with Gasteiger partial charge in [0, 0.05) is 18.8 Å². The van der Waals surface area contributed by atoms with Crippen LogP contribution in [0.2, 0.25) is 0 Å². The number of hydrogen-bond acceptors (Lipinski definition) is 2. The van der Waals surface area contributed by atoms with Crippen LogP contribution in [0, 0.1) is 5.82 Å². The highest BCUT2D eigenvalue weighted by Crippen LogP contribution is 2.28. The molecule has 1 atom stereocenters. The van der Waals surface area contributed by atoms with E-state index in [0.29, 0.717) is 6.42 Å². The molecule has 0 saturated heterocycles. The molecule has 0 amide bonds. The normalized spacial score (nSPS) is 15.2. The summed E-state index contributed by atoms with van der Waals surface area (Å²) in [6.45, 7) is 1.82. The van der Waals surface area contributed by atoms with E-state index in [0.717, 1.165) is 25.1 Å². The summed E-state index contributed by atoms with van der Waals surface area (Å²) in [5.41, 5.74) is 3.43. The van der Waals surface area contributed by atoms with Gasteiger partial charge in [-0.1, -0.05) is 30.3 Å². The van der Waals surface area contributed by atoms with E-state index in [4.69, 9.17) is 0 Å². The number of benzene rings is 2. The Hall–Kier alpha value is -1.87. The molecule has 20 heavy (non-hydrogen) atoms. The second kappa shape index (κ2) is 5.63. The number of nitrogens with zero attached hydrogens (tertiary/aromatic N) is 1. The van der Waals surface area contributed by atoms with Gasteiger partial charge in [-0.15, -0.1) is 0 Å². The lowest BCUT2D eigenvalue weighted by atomic mass is 10.1. The Bertz CT molecular complexity index is 582. The molecule has 1 heterocycles. The number of rotatable bonds is 4. The minimum atomic E-state index is -0.539. The summed E-state index contributed by atoms with van der Waals surface area (Å²) in [5.74, 6) is -0.269. The maximum atomic E-state index is 12.9. The SMILES string of the molecule is OC(CCN1CCc2ccccc21)c1ccc(F)cc1. The molecule has 0 fully saturated rings. The lowest BCUT2D eigenvalue weighted by Crippen LogP contribution is -2.23. The average Bonchev–Trinajstić information content (AvgIpc) is 2.89. The van der Waals surface area contributed by atoms with Crippen molar-refractivity contribution in [3.8, 4) is 0 Å². The lowest BCUT2D eigenvalue weighted by Gasteiger charge is -2.21. The Morgan fingerprint density at radius 2 is 1.85 bits per heavy atom. The molecule has 3 rings (SSSR count). The van der Waals surface area contributed by atoms with E-state index >= 15 is 0 Å². The first kappa shape index (κ1) is 13.1. The third-order valence-corrected chi connectivity index (χ3v) is 3.91. The molecule has 2 aromatic carbocycles. The first-order valence-corrected chi connectivity index (χ1v) is 7.00. The molecule has 104 valence electrons. The van der Waals surface area contributed by atoms with Gasteiger partial charge in [0.1, 0.15) is 5.82 Å². The van der Waals surface area contributed by atoms with Crippen LogP contribution in [0.25, 0.3) is 0 Å². The van der Waals surface area contributed by atoms with Crippen molar-refractivity contribution in [2.75, 3.05) is 18.0 Å². The summed E-state index contributed by atoms with van der Waals surface area (Å²) in [7, 11) is 0. The van der Waals surface area contributed by atoms with Crippen LogP contribution in [0.3, 0.4) is 0 Å². The van der Waals surface area contributed by atoms with E-state index in [2.05, 4.69) is 23.1 Å². The minimum Gasteiger partial charge on any atom is -0.388 e. The van der Waals surface area contributed by atoms with Crippen LogP contribution in [0.15, 0.2) is 48.5 Å². The third-order valence-electron chi connectivity index (χ3n) is 3.91. The molecule has 1 aliphatic rings. The van der Waals surface area contributed by atoms with Gasteiger partial charge in [0.05, 0.1) is 6.10 Å². The van der Waals surface area contributed by atoms with E-state index in [-0.39, 0.29) is 5.82 Å². The molecule has 0 aliphatic carbocycles. The Morgan fingerprint density at radius 3 is 2.65 bits per heavy atom. The van der Waals surface area contributed by atoms with E-state index in [1.807, 2.05) is 6.07 Å². The quantitative estimate of drug-likeness (QED) is 0.922. The van der Waals surface area contributed by atoms with Gasteiger partial charge in [-0.25, -0.2) is 4.39 Å². The Labute approximate surface area is 118 Å². The molecule has 0 spiro atoms. The molecule has 0 aromatic heterocycles. The summed E-state index contributed by atoms with van der Waals surface area (Å²) in [6.07, 6.45) is 1.19. The van der Waals surface area contributed by atoms with Gasteiger partial charge in [0.2, 0.25) is 0 Å². The standard InChI is InChI=1S/C17H18FNO/c18-15-7-5-14(6-8-15)17(20)10-12-19-11-9-13-3-1-2-4-16(13)19/h1-8,17,20H,9-12H2. The molecule has 1 N–H and O–H groups in total. The summed E-state index contributed by atoms with van der Waals surface area (Å²) >= 11 is 0. The second-order valence-corrected chi connectivity index (χ2v) is 5.22. The maximum absolute atomic E-state index is 12.9. The zero-order valence-corrected chi connectivity index (χ0v) is 11.3. The van der Waals surface area contributed by atoms with Crippen molar-refractivity contribution in [2.24, 2.45) is 0 Å². The zero-order valence-electron chi connectivity index (χ0n) is 11.3. The van der Waals surface area contributed by atoms with Crippen LogP contribution in [0.1, 0.15) is 23.7 Å². The van der Waals surface area contributed by atoms with Crippen LogP contribution >= 0.6 is 0 Å². The number of anilines is 1. The monoisotopic (exact) mass is 271 g/mol. The highest BCUT2D eigenvalue weighted by molar-refractivity contribution is 5.57. The largest absolute Gasteiger partial charge is 0.388 e. The first-order chi connectivity index (χ1) is 9.74. The second-order valence-electron chi connectivity index (χ2n) is 5.22. The Morgan fingerprint density at radius 1 is 1.10 bits per heavy atom. The summed E-state index contributed by atoms with van der Waals surface area (Å²) < 4.78 is 12.9. The van der Waals surface area contributed by atoms with Crippen LogP contribution in [-0.4, -0.2) is 18.2 Å². The first-order valence-electron chi connectivity index (χ1n) is 7.00. The predicted molar refractivity (Wildman–Crippen MR) is 78.3 cm³/mol. The average molecular weight is 271 g/mol. The van der Waals surface area contributed by atoms with Crippen molar-refractivity contribution in [1.82, 2.24) is 0 Å². The highest BCUT2D eigenvalue weighted by Gasteiger charge is 2.19. The fourth-order valence-corrected chi connectivity index (χ4v) is 2.77. The molecule has 2 aromatic rings. The van der Waals surface area contributed by atoms with E-state index in [9.17, 15) is 9.50 Å². The summed E-state index contributed by atoms with van der Waals surface area (Å²) in [5, 5.41) is 10.2. The van der Waals surface area contributed by atoms with Crippen molar-refractivity contribution in [3.63, 3.8) is 0 Å². The molecular weight excluding hydrogens is 253 g/mol. The topological polar surface area (TPSA) is 23.5 Å². The molecule has 0 radical (unpaired) electrons. The van der Waals surface area contributed by atoms with Gasteiger partial charge < -0.3 is 10.0 Å². The van der Waals surface area contributed by atoms with E-state index < -0.39 is 6.10 Å². The predicted octanol–water partition coefficient (Wildman–Crippen LogP) is 3.31. The minimum absolute atomic E-state index is 0.269. The van der Waals surface area contributed by atoms with Crippen LogP contribution in [0.4, 0.5) is 10.1 Å². The van der Waals surface area contributed by atoms with Crippen LogP contribution < -0.4 is 4.90 Å². The van der Waals surface area contributed by atoms with E-state index in [1.54, 1.807) is 12.1 Å². The van der Waals surface area contributed by atoms with Gasteiger partial charge in [0.25, 0.3) is 0 Å². The van der Waals surface area contributed by atoms with Crippen molar-refractivity contribution in [2.45, 2.75) is 18.9 Å². The van der Waals surface area contributed by atoms with Crippen molar-refractivity contribution >= 4 is 5.69 Å². The number of para-hydroxylation sites is 1. The molecular formula is C17H18FNO. The molecule has 3 heteroatoms. The van der Waals surface area contributed by atoms with Gasteiger partial charge in [0.15, 0.2) is 0 Å². The number of hydrogen-bond donors (Lipinski definition) is 1. The Balaban J connectivity index is 1.62. The van der Waals surface area contributed by atoms with E-state index in [1.165, 1.54) is 23.4 Å². The molecule has 1 unspecified atom stereocenters. The fourth-order valence-electron chi connectivity index (χ4n) is 2.77. The number of fused-ring (bicyclic) bond motifs is 1. The lowest BCUT2D eigenvalue weighted by molar-refractivity contribution is 0.169. The maximum Gasteiger partial charge on any atom is 0.123 e. The smallest absolute Gasteiger partial charge is 0.123 e. The number of aliphatic hydroxyl groups excluding tert-OH is 1. The van der Waals surface area contributed by atoms with Crippen molar-refractivity contribution in [1.29, 1.82) is 0 Å². The number of aliphatic hydroxyl groups is 1. The molecule has 2 nitrogen and oxygen atoms in total. The van der Waals surface area contributed by atoms with Crippen LogP contribution in [0.5, 0.6) is 0 Å². The summed E-state index contributed by atoms with van der Waals surface area (Å²) in [4.78, 5) is 2.31. The highest BCUT2D eigenvalue weighted by atomic mass is 19.1. The molecule has 0 saturated carbocycles. The molecule has 0 bridgehead atoms. The van der Waals surface area contributed by atoms with Gasteiger partial charge in [-0.05, 0) is 42.2 Å². The van der Waals surface area contributed by atoms with Gasteiger partial charge in [-0.3, -0.25) is 0 Å². The van der Waals surface area contributed by atoms with Crippen molar-refractivity contribution in [3.05, 3.63) is 65.5 Å². The zero-order chi connectivity index (χ0) is 13.9.